The third kappa shape index (κ3) is 2.37. The zero-order valence-electron chi connectivity index (χ0n) is 17.6. The summed E-state index contributed by atoms with van der Waals surface area (Å²) in [5, 5.41) is 0. The Labute approximate surface area is 179 Å². The molecule has 2 bridgehead atoms. The van der Waals surface area contributed by atoms with Crippen molar-refractivity contribution < 1.29 is 14.0 Å². The summed E-state index contributed by atoms with van der Waals surface area (Å²) in [5.74, 6) is -1.71. The van der Waals surface area contributed by atoms with Crippen molar-refractivity contribution in [3.8, 4) is 0 Å². The van der Waals surface area contributed by atoms with E-state index in [4.69, 9.17) is 9.97 Å². The van der Waals surface area contributed by atoms with Gasteiger partial charge in [-0.3, -0.25) is 20.4 Å². The Balaban J connectivity index is 1.54. The van der Waals surface area contributed by atoms with Gasteiger partial charge in [0.2, 0.25) is 0 Å². The second kappa shape index (κ2) is 6.33. The van der Waals surface area contributed by atoms with Gasteiger partial charge in [0.05, 0.1) is 28.0 Å². The smallest absolute Gasteiger partial charge is 0.272 e. The highest BCUT2D eigenvalue weighted by molar-refractivity contribution is 5.98. The first-order valence-corrected chi connectivity index (χ1v) is 10.4. The first kappa shape index (κ1) is 19.6. The summed E-state index contributed by atoms with van der Waals surface area (Å²) in [6.45, 7) is 6.26. The highest BCUT2D eigenvalue weighted by atomic mass is 19.1. The van der Waals surface area contributed by atoms with E-state index >= 15 is 0 Å². The number of hydrogen-bond acceptors (Lipinski definition) is 4. The Morgan fingerprint density at radius 3 is 2.16 bits per heavy atom. The van der Waals surface area contributed by atoms with E-state index < -0.39 is 22.6 Å². The Morgan fingerprint density at radius 1 is 0.871 bits per heavy atom. The van der Waals surface area contributed by atoms with Gasteiger partial charge in [0.1, 0.15) is 11.2 Å². The lowest BCUT2D eigenvalue weighted by molar-refractivity contribution is -0.131. The van der Waals surface area contributed by atoms with Gasteiger partial charge in [0.15, 0.2) is 0 Å². The van der Waals surface area contributed by atoms with Gasteiger partial charge < -0.3 is 0 Å². The zero-order valence-corrected chi connectivity index (χ0v) is 17.6. The largest absolute Gasteiger partial charge is 0.272 e. The molecule has 1 fully saturated rings. The first-order valence-electron chi connectivity index (χ1n) is 10.4. The van der Waals surface area contributed by atoms with E-state index in [1.165, 1.54) is 18.2 Å². The van der Waals surface area contributed by atoms with Crippen LogP contribution in [-0.4, -0.2) is 21.8 Å². The summed E-state index contributed by atoms with van der Waals surface area (Å²) in [4.78, 5) is 35.8. The second-order valence-electron chi connectivity index (χ2n) is 9.16. The van der Waals surface area contributed by atoms with E-state index in [0.29, 0.717) is 12.1 Å². The Kier molecular flexibility index (Phi) is 4.00. The number of carbonyl (C=O) groups is 2. The maximum Gasteiger partial charge on any atom is 0.272 e. The molecule has 0 spiro atoms. The van der Waals surface area contributed by atoms with Crippen molar-refractivity contribution >= 4 is 22.8 Å². The quantitative estimate of drug-likeness (QED) is 0.624. The molecule has 2 aromatic carbocycles. The number of rotatable bonds is 2. The molecule has 3 aromatic rings. The minimum atomic E-state index is -0.948. The van der Waals surface area contributed by atoms with Gasteiger partial charge in [0.25, 0.3) is 11.8 Å². The van der Waals surface area contributed by atoms with Gasteiger partial charge in [-0.15, -0.1) is 0 Å². The van der Waals surface area contributed by atoms with E-state index in [0.717, 1.165) is 23.1 Å². The van der Waals surface area contributed by atoms with Crippen LogP contribution < -0.4 is 10.9 Å². The number of nitrogens with zero attached hydrogens (tertiary/aromatic N) is 2. The number of benzene rings is 2. The molecular weight excluding hydrogens is 395 g/mol. The molecule has 2 N–H and O–H groups in total. The van der Waals surface area contributed by atoms with Crippen LogP contribution in [0.2, 0.25) is 0 Å². The standard InChI is InChI=1S/C24H23FN4O2/c1-22(2)23(3)12-13-24(22,19-18(23)26-16-10-6-7-11-17(16)27-19)21(31)29-28-20(30)14-8-4-5-9-15(14)25/h4-11H,12-13H2,1-3H3,(H,28,30)(H,29,31). The molecule has 0 saturated heterocycles. The van der Waals surface area contributed by atoms with E-state index in [2.05, 4.69) is 31.6 Å². The summed E-state index contributed by atoms with van der Waals surface area (Å²) in [6, 6.07) is 13.3. The number of hydrogen-bond donors (Lipinski definition) is 2. The Hall–Kier alpha value is -3.35. The number of nitrogens with one attached hydrogen (secondary N) is 2. The van der Waals surface area contributed by atoms with Crippen LogP contribution in [0.5, 0.6) is 0 Å². The summed E-state index contributed by atoms with van der Waals surface area (Å²) < 4.78 is 13.9. The number of amides is 2. The van der Waals surface area contributed by atoms with Gasteiger partial charge >= 0.3 is 0 Å². The molecule has 2 aliphatic rings. The molecule has 0 aliphatic heterocycles. The highest BCUT2D eigenvalue weighted by Gasteiger charge is 2.73. The molecule has 7 heteroatoms. The fraction of sp³-hybridized carbons (Fsp3) is 0.333. The Morgan fingerprint density at radius 2 is 1.48 bits per heavy atom. The summed E-state index contributed by atoms with van der Waals surface area (Å²) in [5.41, 5.74) is 6.10. The number of halogens is 1. The van der Waals surface area contributed by atoms with E-state index in [1.807, 2.05) is 24.3 Å². The van der Waals surface area contributed by atoms with Crippen molar-refractivity contribution in [3.63, 3.8) is 0 Å². The zero-order chi connectivity index (χ0) is 22.0. The summed E-state index contributed by atoms with van der Waals surface area (Å²) in [6.07, 6.45) is 1.38. The minimum Gasteiger partial charge on any atom is -0.272 e. The van der Waals surface area contributed by atoms with Crippen molar-refractivity contribution in [1.82, 2.24) is 20.8 Å². The lowest BCUT2D eigenvalue weighted by Gasteiger charge is -2.39. The van der Waals surface area contributed by atoms with Gasteiger partial charge in [-0.25, -0.2) is 14.4 Å². The molecule has 2 unspecified atom stereocenters. The number of aromatic nitrogens is 2. The molecule has 2 atom stereocenters. The van der Waals surface area contributed by atoms with Gasteiger partial charge in [-0.2, -0.15) is 0 Å². The summed E-state index contributed by atoms with van der Waals surface area (Å²) in [7, 11) is 0. The Bertz CT molecular complexity index is 1260. The molecule has 2 amide bonds. The molecule has 0 radical (unpaired) electrons. The monoisotopic (exact) mass is 418 g/mol. The molecule has 1 heterocycles. The predicted molar refractivity (Wildman–Crippen MR) is 114 cm³/mol. The maximum absolute atomic E-state index is 13.9. The van der Waals surface area contributed by atoms with Crippen LogP contribution in [0.4, 0.5) is 4.39 Å². The second-order valence-corrected chi connectivity index (χ2v) is 9.16. The minimum absolute atomic E-state index is 0.131. The third-order valence-corrected chi connectivity index (χ3v) is 7.74. The normalized spacial score (nSPS) is 25.3. The van der Waals surface area contributed by atoms with Gasteiger partial charge in [-0.05, 0) is 42.5 Å². The van der Waals surface area contributed by atoms with Crippen LogP contribution in [0.15, 0.2) is 48.5 Å². The number of para-hydroxylation sites is 2. The van der Waals surface area contributed by atoms with Crippen LogP contribution in [0.3, 0.4) is 0 Å². The molecular formula is C24H23FN4O2. The van der Waals surface area contributed by atoms with E-state index in [1.54, 1.807) is 6.07 Å². The topological polar surface area (TPSA) is 84.0 Å². The predicted octanol–water partition coefficient (Wildman–Crippen LogP) is 3.56. The molecule has 1 aromatic heterocycles. The molecule has 6 nitrogen and oxygen atoms in total. The molecule has 1 saturated carbocycles. The van der Waals surface area contributed by atoms with Crippen molar-refractivity contribution in [2.45, 2.75) is 44.4 Å². The van der Waals surface area contributed by atoms with Crippen molar-refractivity contribution in [1.29, 1.82) is 0 Å². The van der Waals surface area contributed by atoms with E-state index in [-0.39, 0.29) is 16.9 Å². The number of hydrazine groups is 1. The number of fused-ring (bicyclic) bond motifs is 6. The summed E-state index contributed by atoms with van der Waals surface area (Å²) >= 11 is 0. The lowest BCUT2D eigenvalue weighted by atomic mass is 9.63. The van der Waals surface area contributed by atoms with Crippen molar-refractivity contribution in [2.24, 2.45) is 5.41 Å². The molecule has 5 rings (SSSR count). The average Bonchev–Trinajstić information content (AvgIpc) is 3.06. The average molecular weight is 418 g/mol. The van der Waals surface area contributed by atoms with Crippen molar-refractivity contribution in [2.75, 3.05) is 0 Å². The van der Waals surface area contributed by atoms with E-state index in [9.17, 15) is 14.0 Å². The molecule has 2 aliphatic carbocycles. The molecule has 31 heavy (non-hydrogen) atoms. The van der Waals surface area contributed by atoms with Crippen LogP contribution in [0.25, 0.3) is 11.0 Å². The fourth-order valence-electron chi connectivity index (χ4n) is 5.48. The lowest BCUT2D eigenvalue weighted by Crippen LogP contribution is -2.55. The highest BCUT2D eigenvalue weighted by Crippen LogP contribution is 2.70. The third-order valence-electron chi connectivity index (χ3n) is 7.74. The van der Waals surface area contributed by atoms with Crippen LogP contribution in [0, 0.1) is 11.2 Å². The number of carbonyl (C=O) groups excluding carboxylic acids is 2. The maximum atomic E-state index is 13.9. The van der Waals surface area contributed by atoms with Crippen molar-refractivity contribution in [3.05, 3.63) is 71.3 Å². The molecule has 158 valence electrons. The SMILES string of the molecule is CC12CCC(C(=O)NNC(=O)c3ccccc3F)(c3nc4ccccc4nc31)C2(C)C. The first-order chi connectivity index (χ1) is 14.7. The van der Waals surface area contributed by atoms with Gasteiger partial charge in [0, 0.05) is 5.41 Å². The van der Waals surface area contributed by atoms with Crippen LogP contribution >= 0.6 is 0 Å². The van der Waals surface area contributed by atoms with Crippen LogP contribution in [-0.2, 0) is 15.6 Å². The van der Waals surface area contributed by atoms with Crippen LogP contribution in [0.1, 0.15) is 55.4 Å². The fourth-order valence-corrected chi connectivity index (χ4v) is 5.48. The van der Waals surface area contributed by atoms with Gasteiger partial charge in [-0.1, -0.05) is 45.0 Å².